The van der Waals surface area contributed by atoms with Crippen LogP contribution in [0.3, 0.4) is 0 Å². The van der Waals surface area contributed by atoms with Crippen LogP contribution < -0.4 is 16.0 Å². The molecular weight excluding hydrogens is 364 g/mol. The van der Waals surface area contributed by atoms with E-state index in [1.165, 1.54) is 0 Å². The third-order valence-electron chi connectivity index (χ3n) is 5.02. The molecule has 1 saturated heterocycles. The summed E-state index contributed by atoms with van der Waals surface area (Å²) in [5, 5.41) is 2.81. The molecule has 0 unspecified atom stereocenters. The van der Waals surface area contributed by atoms with E-state index in [-0.39, 0.29) is 11.8 Å². The molecule has 4 rings (SSSR count). The van der Waals surface area contributed by atoms with E-state index in [9.17, 15) is 9.59 Å². The molecule has 6 nitrogen and oxygen atoms in total. The highest BCUT2D eigenvalue weighted by atomic mass is 16.2. The van der Waals surface area contributed by atoms with E-state index >= 15 is 0 Å². The maximum atomic E-state index is 12.7. The van der Waals surface area contributed by atoms with Crippen molar-refractivity contribution < 1.29 is 9.59 Å². The summed E-state index contributed by atoms with van der Waals surface area (Å²) in [4.78, 5) is 30.5. The highest BCUT2D eigenvalue weighted by molar-refractivity contribution is 6.04. The number of benzene rings is 2. The number of nitrogens with two attached hydrogens (primary N) is 1. The van der Waals surface area contributed by atoms with Crippen LogP contribution in [0.4, 0.5) is 11.5 Å². The molecule has 146 valence electrons. The Labute approximate surface area is 169 Å². The van der Waals surface area contributed by atoms with Crippen molar-refractivity contribution in [3.8, 4) is 11.1 Å². The van der Waals surface area contributed by atoms with E-state index in [0.29, 0.717) is 30.9 Å². The predicted molar refractivity (Wildman–Crippen MR) is 114 cm³/mol. The van der Waals surface area contributed by atoms with Crippen LogP contribution >= 0.6 is 0 Å². The fraction of sp³-hybridized carbons (Fsp3) is 0.174. The molecule has 2 heterocycles. The third-order valence-corrected chi connectivity index (χ3v) is 5.02. The Kier molecular flexibility index (Phi) is 5.35. The van der Waals surface area contributed by atoms with Crippen molar-refractivity contribution in [2.75, 3.05) is 16.8 Å². The molecule has 1 fully saturated rings. The van der Waals surface area contributed by atoms with Gasteiger partial charge in [0, 0.05) is 25.1 Å². The topological polar surface area (TPSA) is 88.3 Å². The third kappa shape index (κ3) is 4.17. The molecule has 3 N–H and O–H groups in total. The Morgan fingerprint density at radius 3 is 2.55 bits per heavy atom. The van der Waals surface area contributed by atoms with Gasteiger partial charge < -0.3 is 16.0 Å². The SMILES string of the molecule is NCc1ccc(-c2cccc(C(=O)Nc3ccc(N4CCCC4=O)cn3)c2)cc1. The molecule has 1 aromatic heterocycles. The van der Waals surface area contributed by atoms with Gasteiger partial charge in [-0.05, 0) is 47.4 Å². The van der Waals surface area contributed by atoms with Gasteiger partial charge in [-0.2, -0.15) is 0 Å². The molecule has 0 bridgehead atoms. The minimum Gasteiger partial charge on any atom is -0.326 e. The molecule has 6 heteroatoms. The van der Waals surface area contributed by atoms with E-state index in [1.807, 2.05) is 42.5 Å². The largest absolute Gasteiger partial charge is 0.326 e. The van der Waals surface area contributed by atoms with Crippen LogP contribution in [0.5, 0.6) is 0 Å². The molecule has 0 atom stereocenters. The second kappa shape index (κ2) is 8.24. The molecule has 3 aromatic rings. The van der Waals surface area contributed by atoms with E-state index in [4.69, 9.17) is 5.73 Å². The van der Waals surface area contributed by atoms with Crippen molar-refractivity contribution in [2.45, 2.75) is 19.4 Å². The number of hydrogen-bond donors (Lipinski definition) is 2. The highest BCUT2D eigenvalue weighted by Crippen LogP contribution is 2.23. The van der Waals surface area contributed by atoms with Crippen LogP contribution in [0.25, 0.3) is 11.1 Å². The van der Waals surface area contributed by atoms with E-state index in [1.54, 1.807) is 29.3 Å². The van der Waals surface area contributed by atoms with Crippen molar-refractivity contribution in [3.05, 3.63) is 78.0 Å². The smallest absolute Gasteiger partial charge is 0.256 e. The van der Waals surface area contributed by atoms with E-state index < -0.39 is 0 Å². The zero-order valence-corrected chi connectivity index (χ0v) is 16.0. The molecule has 1 aliphatic heterocycles. The van der Waals surface area contributed by atoms with Gasteiger partial charge in [0.25, 0.3) is 5.91 Å². The van der Waals surface area contributed by atoms with Gasteiger partial charge in [0.15, 0.2) is 0 Å². The number of carbonyl (C=O) groups excluding carboxylic acids is 2. The second-order valence-electron chi connectivity index (χ2n) is 6.99. The zero-order valence-electron chi connectivity index (χ0n) is 16.0. The van der Waals surface area contributed by atoms with Gasteiger partial charge in [-0.25, -0.2) is 4.98 Å². The van der Waals surface area contributed by atoms with Crippen molar-refractivity contribution in [3.63, 3.8) is 0 Å². The Morgan fingerprint density at radius 2 is 1.90 bits per heavy atom. The van der Waals surface area contributed by atoms with Crippen LogP contribution in [0.2, 0.25) is 0 Å². The molecule has 2 amide bonds. The Morgan fingerprint density at radius 1 is 1.07 bits per heavy atom. The lowest BCUT2D eigenvalue weighted by Crippen LogP contribution is -2.23. The summed E-state index contributed by atoms with van der Waals surface area (Å²) in [6.45, 7) is 1.21. The van der Waals surface area contributed by atoms with E-state index in [0.717, 1.165) is 28.8 Å². The first-order valence-corrected chi connectivity index (χ1v) is 9.61. The van der Waals surface area contributed by atoms with Gasteiger partial charge in [0.05, 0.1) is 11.9 Å². The van der Waals surface area contributed by atoms with Gasteiger partial charge in [-0.3, -0.25) is 9.59 Å². The number of nitrogens with one attached hydrogen (secondary N) is 1. The van der Waals surface area contributed by atoms with Crippen LogP contribution in [0, 0.1) is 0 Å². The number of hydrogen-bond acceptors (Lipinski definition) is 4. The lowest BCUT2D eigenvalue weighted by molar-refractivity contribution is -0.117. The van der Waals surface area contributed by atoms with Crippen LogP contribution in [-0.4, -0.2) is 23.3 Å². The zero-order chi connectivity index (χ0) is 20.2. The molecular formula is C23H22N4O2. The van der Waals surface area contributed by atoms with Gasteiger partial charge >= 0.3 is 0 Å². The summed E-state index contributed by atoms with van der Waals surface area (Å²) < 4.78 is 0. The lowest BCUT2D eigenvalue weighted by atomic mass is 10.0. The first kappa shape index (κ1) is 18.8. The Hall–Kier alpha value is -3.51. The molecule has 2 aromatic carbocycles. The van der Waals surface area contributed by atoms with Gasteiger partial charge in [0.2, 0.25) is 5.91 Å². The Balaban J connectivity index is 1.47. The summed E-state index contributed by atoms with van der Waals surface area (Å²) in [6, 6.07) is 18.9. The first-order chi connectivity index (χ1) is 14.1. The summed E-state index contributed by atoms with van der Waals surface area (Å²) in [7, 11) is 0. The van der Waals surface area contributed by atoms with Crippen molar-refractivity contribution in [1.82, 2.24) is 4.98 Å². The average Bonchev–Trinajstić information content (AvgIpc) is 3.20. The fourth-order valence-electron chi connectivity index (χ4n) is 3.40. The number of anilines is 2. The van der Waals surface area contributed by atoms with Crippen molar-refractivity contribution in [1.29, 1.82) is 0 Å². The molecule has 29 heavy (non-hydrogen) atoms. The summed E-state index contributed by atoms with van der Waals surface area (Å²) in [6.07, 6.45) is 3.06. The maximum Gasteiger partial charge on any atom is 0.256 e. The summed E-state index contributed by atoms with van der Waals surface area (Å²) >= 11 is 0. The number of pyridine rings is 1. The van der Waals surface area contributed by atoms with Gasteiger partial charge in [-0.15, -0.1) is 0 Å². The summed E-state index contributed by atoms with van der Waals surface area (Å²) in [5.74, 6) is 0.325. The quantitative estimate of drug-likeness (QED) is 0.701. The van der Waals surface area contributed by atoms with Crippen molar-refractivity contribution >= 4 is 23.3 Å². The number of nitrogens with zero attached hydrogens (tertiary/aromatic N) is 2. The highest BCUT2D eigenvalue weighted by Gasteiger charge is 2.21. The minimum absolute atomic E-state index is 0.111. The molecule has 0 saturated carbocycles. The standard InChI is InChI=1S/C23H22N4O2/c24-14-16-6-8-17(9-7-16)18-3-1-4-19(13-18)23(29)26-21-11-10-20(15-25-21)27-12-2-5-22(27)28/h1,3-4,6-11,13,15H,2,5,12,14,24H2,(H,25,26,29). The van der Waals surface area contributed by atoms with Crippen molar-refractivity contribution in [2.24, 2.45) is 5.73 Å². The Bertz CT molecular complexity index is 1030. The second-order valence-corrected chi connectivity index (χ2v) is 6.99. The average molecular weight is 386 g/mol. The number of amides is 2. The number of rotatable bonds is 5. The van der Waals surface area contributed by atoms with Crippen LogP contribution in [0.15, 0.2) is 66.9 Å². The number of aromatic nitrogens is 1. The normalized spacial score (nSPS) is 13.6. The van der Waals surface area contributed by atoms with Crippen LogP contribution in [-0.2, 0) is 11.3 Å². The first-order valence-electron chi connectivity index (χ1n) is 9.61. The number of carbonyl (C=O) groups is 2. The molecule has 0 radical (unpaired) electrons. The minimum atomic E-state index is -0.233. The van der Waals surface area contributed by atoms with Gasteiger partial charge in [-0.1, -0.05) is 36.4 Å². The van der Waals surface area contributed by atoms with E-state index in [2.05, 4.69) is 10.3 Å². The van der Waals surface area contributed by atoms with Crippen LogP contribution in [0.1, 0.15) is 28.8 Å². The molecule has 1 aliphatic rings. The maximum absolute atomic E-state index is 12.7. The lowest BCUT2D eigenvalue weighted by Gasteiger charge is -2.15. The van der Waals surface area contributed by atoms with Gasteiger partial charge in [0.1, 0.15) is 5.82 Å². The summed E-state index contributed by atoms with van der Waals surface area (Å²) in [5.41, 5.74) is 10.00. The molecule has 0 aliphatic carbocycles. The molecule has 0 spiro atoms. The predicted octanol–water partition coefficient (Wildman–Crippen LogP) is 3.59. The fourth-order valence-corrected chi connectivity index (χ4v) is 3.40. The monoisotopic (exact) mass is 386 g/mol.